The third-order valence-corrected chi connectivity index (χ3v) is 2.75. The fourth-order valence-corrected chi connectivity index (χ4v) is 1.74. The van der Waals surface area contributed by atoms with Crippen LogP contribution in [0.15, 0.2) is 34.5 Å². The predicted molar refractivity (Wildman–Crippen MR) is 77.4 cm³/mol. The van der Waals surface area contributed by atoms with Gasteiger partial charge in [0.1, 0.15) is 5.76 Å². The van der Waals surface area contributed by atoms with Crippen LogP contribution < -0.4 is 51.4 Å². The van der Waals surface area contributed by atoms with Gasteiger partial charge in [0.2, 0.25) is 0 Å². The van der Waals surface area contributed by atoms with Gasteiger partial charge < -0.3 is 22.5 Å². The van der Waals surface area contributed by atoms with Crippen molar-refractivity contribution in [3.8, 4) is 0 Å². The van der Waals surface area contributed by atoms with E-state index >= 15 is 0 Å². The van der Waals surface area contributed by atoms with Crippen molar-refractivity contribution in [2.45, 2.75) is 20.3 Å². The first kappa shape index (κ1) is 21.6. The summed E-state index contributed by atoms with van der Waals surface area (Å²) < 4.78 is 30.7. The molecule has 0 unspecified atom stereocenters. The molecule has 0 aliphatic carbocycles. The number of aliphatic hydroxyl groups is 1. The van der Waals surface area contributed by atoms with Crippen LogP contribution in [0.4, 0.5) is 14.5 Å². The summed E-state index contributed by atoms with van der Waals surface area (Å²) in [6, 6.07) is 2.94. The molecular weight excluding hydrogens is 339 g/mol. The summed E-state index contributed by atoms with van der Waals surface area (Å²) in [7, 11) is 0. The Morgan fingerprint density at radius 3 is 2.45 bits per heavy atom. The normalized spacial score (nSPS) is 12.3. The van der Waals surface area contributed by atoms with Crippen LogP contribution in [0.25, 0.3) is 0 Å². The van der Waals surface area contributed by atoms with Gasteiger partial charge in [-0.05, 0) is 19.1 Å². The zero-order valence-corrected chi connectivity index (χ0v) is 16.5. The molecule has 22 heavy (non-hydrogen) atoms. The van der Waals surface area contributed by atoms with Crippen LogP contribution in [0, 0.1) is 11.6 Å². The number of hydrogen-bond acceptors (Lipinski definition) is 5. The fourth-order valence-electron chi connectivity index (χ4n) is 1.44. The number of aliphatic hydroxyl groups excluding tert-OH is 1. The molecule has 0 aliphatic rings. The van der Waals surface area contributed by atoms with E-state index in [2.05, 4.69) is 4.99 Å². The molecule has 0 aromatic heterocycles. The molecule has 1 aromatic rings. The molecule has 114 valence electrons. The maximum Gasteiger partial charge on any atom is 1.00 e. The van der Waals surface area contributed by atoms with E-state index in [1.54, 1.807) is 13.8 Å². The third kappa shape index (κ3) is 6.02. The van der Waals surface area contributed by atoms with E-state index in [0.29, 0.717) is 0 Å². The maximum atomic E-state index is 13.1. The Kier molecular flexibility index (Phi) is 10.2. The molecule has 0 bridgehead atoms. The Hall–Kier alpha value is -0.384. The van der Waals surface area contributed by atoms with Gasteiger partial charge in [-0.25, -0.2) is 13.6 Å². The minimum absolute atomic E-state index is 0. The van der Waals surface area contributed by atoms with Crippen molar-refractivity contribution < 1.29 is 74.8 Å². The molecule has 8 heteroatoms. The van der Waals surface area contributed by atoms with E-state index in [1.165, 1.54) is 6.07 Å². The molecule has 0 saturated carbocycles. The number of rotatable bonds is 5. The molecule has 1 aromatic carbocycles. The molecule has 0 atom stereocenters. The van der Waals surface area contributed by atoms with Crippen LogP contribution in [0.3, 0.4) is 0 Å². The first-order chi connectivity index (χ1) is 9.90. The van der Waals surface area contributed by atoms with Gasteiger partial charge in [0, 0.05) is 12.5 Å². The molecule has 0 fully saturated rings. The third-order valence-electron chi connectivity index (χ3n) is 2.45. The van der Waals surface area contributed by atoms with Crippen LogP contribution in [0.5, 0.6) is 0 Å². The smallest absolute Gasteiger partial charge is 0.759 e. The van der Waals surface area contributed by atoms with Crippen molar-refractivity contribution in [2.24, 2.45) is 4.99 Å². The molecule has 0 heterocycles. The van der Waals surface area contributed by atoms with E-state index in [9.17, 15) is 18.7 Å². The second-order valence-electron chi connectivity index (χ2n) is 3.91. The van der Waals surface area contributed by atoms with Gasteiger partial charge in [-0.2, -0.15) is 0 Å². The summed E-state index contributed by atoms with van der Waals surface area (Å²) in [6.07, 6.45) is 0.154. The largest absolute Gasteiger partial charge is 1.00 e. The molecule has 0 amide bonds. The summed E-state index contributed by atoms with van der Waals surface area (Å²) in [6.45, 7) is 3.33. The first-order valence-electron chi connectivity index (χ1n) is 6.21. The molecular formula is C14H14F2KNO3S. The Labute approximate surface area is 175 Å². The average Bonchev–Trinajstić information content (AvgIpc) is 2.43. The number of benzene rings is 1. The zero-order chi connectivity index (χ0) is 16.0. The van der Waals surface area contributed by atoms with E-state index in [-0.39, 0.29) is 86.5 Å². The molecule has 1 rings (SSSR count). The number of carbonyl (C=O) groups is 1. The Morgan fingerprint density at radius 2 is 1.95 bits per heavy atom. The van der Waals surface area contributed by atoms with Gasteiger partial charge in [0.15, 0.2) is 11.6 Å². The molecule has 4 nitrogen and oxygen atoms in total. The second kappa shape index (κ2) is 10.4. The molecule has 0 saturated heterocycles. The molecule has 0 aliphatic heterocycles. The average molecular weight is 353 g/mol. The maximum absolute atomic E-state index is 13.1. The van der Waals surface area contributed by atoms with Crippen molar-refractivity contribution in [3.05, 3.63) is 41.2 Å². The number of esters is 1. The Balaban J connectivity index is 0.00000441. The van der Waals surface area contributed by atoms with Gasteiger partial charge in [0.05, 0.1) is 17.9 Å². The van der Waals surface area contributed by atoms with E-state index in [0.717, 1.165) is 12.1 Å². The van der Waals surface area contributed by atoms with Crippen LogP contribution >= 0.6 is 0 Å². The molecule has 0 spiro atoms. The van der Waals surface area contributed by atoms with Gasteiger partial charge in [-0.15, -0.1) is 0 Å². The number of halogens is 2. The number of nitrogens with zero attached hydrogens (tertiary/aromatic N) is 1. The van der Waals surface area contributed by atoms with Gasteiger partial charge in [0.25, 0.3) is 0 Å². The molecule has 0 radical (unpaired) electrons. The number of allylic oxidation sites excluding steroid dienone is 1. The Morgan fingerprint density at radius 1 is 1.32 bits per heavy atom. The quantitative estimate of drug-likeness (QED) is 0.158. The van der Waals surface area contributed by atoms with Crippen LogP contribution in [-0.2, 0) is 22.2 Å². The standard InChI is InChI=1S/C14H15F2NO3S.K/c1-3-11(18)12(14(19)20-4-2)13(21)17-8-5-6-9(15)10(16)7-8;/h5-7,18H,3-4H2,1-2H3,(H,17,21);/q;+1/p-1/b12-11-;. The Bertz CT molecular complexity index is 606. The van der Waals surface area contributed by atoms with Crippen molar-refractivity contribution in [3.63, 3.8) is 0 Å². The van der Waals surface area contributed by atoms with Gasteiger partial charge in [-0.3, -0.25) is 4.99 Å². The van der Waals surface area contributed by atoms with E-state index < -0.39 is 17.6 Å². The van der Waals surface area contributed by atoms with Crippen LogP contribution in [0.1, 0.15) is 20.3 Å². The van der Waals surface area contributed by atoms with Crippen molar-refractivity contribution >= 4 is 29.3 Å². The number of carbonyl (C=O) groups excluding carboxylic acids is 1. The van der Waals surface area contributed by atoms with Gasteiger partial charge >= 0.3 is 57.4 Å². The van der Waals surface area contributed by atoms with Crippen molar-refractivity contribution in [1.29, 1.82) is 0 Å². The fraction of sp³-hybridized carbons (Fsp3) is 0.286. The SMILES string of the molecule is CCOC(=O)/C(C([S-])=Nc1ccc(F)c(F)c1)=C(\O)CC.[K+]. The van der Waals surface area contributed by atoms with E-state index in [1.807, 2.05) is 0 Å². The summed E-state index contributed by atoms with van der Waals surface area (Å²) in [5.41, 5.74) is -0.219. The summed E-state index contributed by atoms with van der Waals surface area (Å²) in [5.74, 6) is -3.18. The van der Waals surface area contributed by atoms with Gasteiger partial charge in [-0.1, -0.05) is 12.0 Å². The summed E-state index contributed by atoms with van der Waals surface area (Å²) in [5, 5.41) is 9.51. The second-order valence-corrected chi connectivity index (χ2v) is 4.30. The van der Waals surface area contributed by atoms with Crippen molar-refractivity contribution in [2.75, 3.05) is 6.61 Å². The predicted octanol–water partition coefficient (Wildman–Crippen LogP) is 0.331. The zero-order valence-electron chi connectivity index (χ0n) is 12.5. The summed E-state index contributed by atoms with van der Waals surface area (Å²) >= 11 is 4.96. The topological polar surface area (TPSA) is 58.9 Å². The van der Waals surface area contributed by atoms with Crippen molar-refractivity contribution in [1.82, 2.24) is 0 Å². The van der Waals surface area contributed by atoms with E-state index in [4.69, 9.17) is 17.4 Å². The minimum atomic E-state index is -1.08. The number of ether oxygens (including phenoxy) is 1. The minimum Gasteiger partial charge on any atom is -0.759 e. The monoisotopic (exact) mass is 353 g/mol. The van der Waals surface area contributed by atoms with Crippen LogP contribution in [-0.4, -0.2) is 22.7 Å². The van der Waals surface area contributed by atoms with Crippen LogP contribution in [0.2, 0.25) is 0 Å². The summed E-state index contributed by atoms with van der Waals surface area (Å²) in [4.78, 5) is 15.6. The number of aliphatic imine (C=N–C) groups is 1. The number of hydrogen-bond donors (Lipinski definition) is 1. The molecule has 1 N–H and O–H groups in total. The first-order valence-corrected chi connectivity index (χ1v) is 6.61.